The zero-order valence-electron chi connectivity index (χ0n) is 17.2. The summed E-state index contributed by atoms with van der Waals surface area (Å²) in [6.07, 6.45) is 4.02. The molecule has 0 unspecified atom stereocenters. The standard InChI is InChI=1S/C26H28O2S/c1-3-28-26(27)23-14-10-20(11-15-23)19-8-12-22(13-9-19)25-17-16-24(29-25)21-6-4-18(2)5-7-21/h4-9,12-13,16-17,20,23H,3,10-11,14-15H2,1-2H3. The molecule has 0 radical (unpaired) electrons. The van der Waals surface area contributed by atoms with Crippen LogP contribution in [0.15, 0.2) is 60.7 Å². The van der Waals surface area contributed by atoms with Crippen LogP contribution in [0.4, 0.5) is 0 Å². The highest BCUT2D eigenvalue weighted by Crippen LogP contribution is 2.38. The van der Waals surface area contributed by atoms with Crippen LogP contribution in [0.5, 0.6) is 0 Å². The summed E-state index contributed by atoms with van der Waals surface area (Å²) in [6.45, 7) is 4.48. The summed E-state index contributed by atoms with van der Waals surface area (Å²) in [7, 11) is 0. The maximum Gasteiger partial charge on any atom is 0.308 e. The summed E-state index contributed by atoms with van der Waals surface area (Å²) in [6, 6.07) is 22.2. The lowest BCUT2D eigenvalue weighted by molar-refractivity contribution is -0.149. The Morgan fingerprint density at radius 3 is 1.97 bits per heavy atom. The largest absolute Gasteiger partial charge is 0.466 e. The maximum atomic E-state index is 11.9. The fourth-order valence-corrected chi connectivity index (χ4v) is 5.23. The zero-order chi connectivity index (χ0) is 20.2. The summed E-state index contributed by atoms with van der Waals surface area (Å²) < 4.78 is 5.19. The van der Waals surface area contributed by atoms with Crippen LogP contribution in [0.2, 0.25) is 0 Å². The first-order chi connectivity index (χ1) is 14.1. The third-order valence-electron chi connectivity index (χ3n) is 5.96. The van der Waals surface area contributed by atoms with E-state index < -0.39 is 0 Å². The molecule has 0 bridgehead atoms. The van der Waals surface area contributed by atoms with Gasteiger partial charge in [-0.05, 0) is 74.3 Å². The lowest BCUT2D eigenvalue weighted by Crippen LogP contribution is -2.23. The topological polar surface area (TPSA) is 26.3 Å². The Hall–Kier alpha value is -2.39. The Balaban J connectivity index is 1.41. The fourth-order valence-electron chi connectivity index (χ4n) is 4.21. The predicted molar refractivity (Wildman–Crippen MR) is 121 cm³/mol. The molecular formula is C26H28O2S. The van der Waals surface area contributed by atoms with Crippen LogP contribution >= 0.6 is 11.3 Å². The smallest absolute Gasteiger partial charge is 0.308 e. The van der Waals surface area contributed by atoms with E-state index in [1.165, 1.54) is 32.0 Å². The molecule has 150 valence electrons. The molecule has 0 saturated heterocycles. The Morgan fingerprint density at radius 1 is 0.862 bits per heavy atom. The molecule has 1 aromatic heterocycles. The highest BCUT2D eigenvalue weighted by molar-refractivity contribution is 7.18. The van der Waals surface area contributed by atoms with Crippen LogP contribution in [0.3, 0.4) is 0 Å². The van der Waals surface area contributed by atoms with Crippen molar-refractivity contribution in [2.24, 2.45) is 5.92 Å². The van der Waals surface area contributed by atoms with Gasteiger partial charge in [0.15, 0.2) is 0 Å². The van der Waals surface area contributed by atoms with Crippen molar-refractivity contribution in [1.82, 2.24) is 0 Å². The van der Waals surface area contributed by atoms with E-state index in [4.69, 9.17) is 4.74 Å². The number of thiophene rings is 1. The van der Waals surface area contributed by atoms with E-state index in [-0.39, 0.29) is 11.9 Å². The Labute approximate surface area is 177 Å². The monoisotopic (exact) mass is 404 g/mol. The Morgan fingerprint density at radius 2 is 1.41 bits per heavy atom. The SMILES string of the molecule is CCOC(=O)C1CCC(c2ccc(-c3ccc(-c4ccc(C)cc4)s3)cc2)CC1. The van der Waals surface area contributed by atoms with Crippen LogP contribution < -0.4 is 0 Å². The number of ether oxygens (including phenoxy) is 1. The molecule has 1 aliphatic rings. The van der Waals surface area contributed by atoms with Gasteiger partial charge in [-0.1, -0.05) is 54.1 Å². The predicted octanol–water partition coefficient (Wildman–Crippen LogP) is 7.23. The van der Waals surface area contributed by atoms with Gasteiger partial charge < -0.3 is 4.74 Å². The van der Waals surface area contributed by atoms with E-state index >= 15 is 0 Å². The summed E-state index contributed by atoms with van der Waals surface area (Å²) in [5.41, 5.74) is 5.24. The molecule has 2 nitrogen and oxygen atoms in total. The quantitative estimate of drug-likeness (QED) is 0.419. The number of hydrogen-bond acceptors (Lipinski definition) is 3. The molecular weight excluding hydrogens is 376 g/mol. The fraction of sp³-hybridized carbons (Fsp3) is 0.346. The van der Waals surface area contributed by atoms with Crippen LogP contribution in [0, 0.1) is 12.8 Å². The summed E-state index contributed by atoms with van der Waals surface area (Å²) >= 11 is 1.84. The van der Waals surface area contributed by atoms with Gasteiger partial charge in [-0.3, -0.25) is 4.79 Å². The van der Waals surface area contributed by atoms with E-state index in [0.29, 0.717) is 12.5 Å². The van der Waals surface area contributed by atoms with Crippen molar-refractivity contribution in [3.8, 4) is 20.9 Å². The van der Waals surface area contributed by atoms with Crippen molar-refractivity contribution in [2.75, 3.05) is 6.61 Å². The third kappa shape index (κ3) is 4.62. The average molecular weight is 405 g/mol. The zero-order valence-corrected chi connectivity index (χ0v) is 18.0. The number of hydrogen-bond donors (Lipinski definition) is 0. The van der Waals surface area contributed by atoms with Crippen molar-refractivity contribution in [3.63, 3.8) is 0 Å². The number of rotatable bonds is 5. The summed E-state index contributed by atoms with van der Waals surface area (Å²) in [5.74, 6) is 0.640. The minimum absolute atomic E-state index is 0.0108. The first-order valence-electron chi connectivity index (χ1n) is 10.6. The highest BCUT2D eigenvalue weighted by atomic mass is 32.1. The molecule has 1 heterocycles. The lowest BCUT2D eigenvalue weighted by atomic mass is 9.78. The van der Waals surface area contributed by atoms with Gasteiger partial charge in [0.1, 0.15) is 0 Å². The van der Waals surface area contributed by atoms with Gasteiger partial charge in [0, 0.05) is 9.75 Å². The van der Waals surface area contributed by atoms with Gasteiger partial charge in [0.2, 0.25) is 0 Å². The van der Waals surface area contributed by atoms with Gasteiger partial charge in [-0.2, -0.15) is 0 Å². The van der Waals surface area contributed by atoms with Gasteiger partial charge in [-0.25, -0.2) is 0 Å². The van der Waals surface area contributed by atoms with E-state index in [0.717, 1.165) is 25.7 Å². The molecule has 0 amide bonds. The average Bonchev–Trinajstić information content (AvgIpc) is 3.25. The molecule has 4 rings (SSSR count). The van der Waals surface area contributed by atoms with E-state index in [2.05, 4.69) is 67.6 Å². The number of benzene rings is 2. The van der Waals surface area contributed by atoms with Crippen LogP contribution in [0.1, 0.15) is 49.7 Å². The van der Waals surface area contributed by atoms with Gasteiger partial charge in [0.25, 0.3) is 0 Å². The van der Waals surface area contributed by atoms with Gasteiger partial charge in [0.05, 0.1) is 12.5 Å². The van der Waals surface area contributed by atoms with Gasteiger partial charge >= 0.3 is 5.97 Å². The van der Waals surface area contributed by atoms with Crippen molar-refractivity contribution >= 4 is 17.3 Å². The van der Waals surface area contributed by atoms with Crippen LogP contribution in [-0.4, -0.2) is 12.6 Å². The second kappa shape index (κ2) is 8.96. The second-order valence-electron chi connectivity index (χ2n) is 7.95. The van der Waals surface area contributed by atoms with Crippen LogP contribution in [-0.2, 0) is 9.53 Å². The number of carbonyl (C=O) groups excluding carboxylic acids is 1. The van der Waals surface area contributed by atoms with Crippen molar-refractivity contribution in [3.05, 3.63) is 71.8 Å². The minimum atomic E-state index is -0.0108. The van der Waals surface area contributed by atoms with Crippen molar-refractivity contribution in [2.45, 2.75) is 45.4 Å². The molecule has 3 aromatic rings. The van der Waals surface area contributed by atoms with E-state index in [9.17, 15) is 4.79 Å². The molecule has 0 aliphatic heterocycles. The maximum absolute atomic E-state index is 11.9. The van der Waals surface area contributed by atoms with Crippen molar-refractivity contribution in [1.29, 1.82) is 0 Å². The molecule has 29 heavy (non-hydrogen) atoms. The number of aryl methyl sites for hydroxylation is 1. The van der Waals surface area contributed by atoms with Crippen molar-refractivity contribution < 1.29 is 9.53 Å². The lowest BCUT2D eigenvalue weighted by Gasteiger charge is -2.27. The van der Waals surface area contributed by atoms with E-state index in [1.807, 2.05) is 18.3 Å². The Bertz CT molecular complexity index is 945. The second-order valence-corrected chi connectivity index (χ2v) is 9.04. The number of carbonyl (C=O) groups is 1. The molecule has 2 aromatic carbocycles. The number of esters is 1. The van der Waals surface area contributed by atoms with Crippen LogP contribution in [0.25, 0.3) is 20.9 Å². The normalized spacial score (nSPS) is 19.1. The van der Waals surface area contributed by atoms with E-state index in [1.54, 1.807) is 0 Å². The summed E-state index contributed by atoms with van der Waals surface area (Å²) in [5, 5.41) is 0. The highest BCUT2D eigenvalue weighted by Gasteiger charge is 2.27. The first-order valence-corrected chi connectivity index (χ1v) is 11.4. The minimum Gasteiger partial charge on any atom is -0.466 e. The Kier molecular flexibility index (Phi) is 6.15. The first kappa shape index (κ1) is 19.9. The molecule has 0 spiro atoms. The third-order valence-corrected chi connectivity index (χ3v) is 7.14. The molecule has 1 aliphatic carbocycles. The van der Waals surface area contributed by atoms with Gasteiger partial charge in [-0.15, -0.1) is 11.3 Å². The summed E-state index contributed by atoms with van der Waals surface area (Å²) in [4.78, 5) is 14.6. The molecule has 1 fully saturated rings. The molecule has 1 saturated carbocycles. The molecule has 3 heteroatoms. The molecule has 0 N–H and O–H groups in total. The molecule has 0 atom stereocenters.